The predicted octanol–water partition coefficient (Wildman–Crippen LogP) is 4.86. The molecular formula is C14H21Br. The average molecular weight is 269 g/mol. The third-order valence-electron chi connectivity index (χ3n) is 1.99. The molecule has 0 saturated carbocycles. The van der Waals surface area contributed by atoms with Crippen LogP contribution in [0.25, 0.3) is 0 Å². The molecule has 0 aliphatic carbocycles. The number of hydrogen-bond acceptors (Lipinski definition) is 0. The van der Waals surface area contributed by atoms with Crippen molar-refractivity contribution in [3.05, 3.63) is 24.3 Å². The third-order valence-corrected chi connectivity index (χ3v) is 2.27. The molecule has 15 heavy (non-hydrogen) atoms. The van der Waals surface area contributed by atoms with Crippen LogP contribution in [0.15, 0.2) is 24.3 Å². The van der Waals surface area contributed by atoms with Crippen molar-refractivity contribution < 1.29 is 0 Å². The van der Waals surface area contributed by atoms with Gasteiger partial charge < -0.3 is 0 Å². The average Bonchev–Trinajstić information content (AvgIpc) is 2.26. The summed E-state index contributed by atoms with van der Waals surface area (Å²) in [6.45, 7) is 2.24. The topological polar surface area (TPSA) is 0 Å². The van der Waals surface area contributed by atoms with Crippen LogP contribution in [-0.2, 0) is 0 Å². The van der Waals surface area contributed by atoms with E-state index >= 15 is 0 Å². The molecule has 0 aromatic rings. The van der Waals surface area contributed by atoms with E-state index in [0.717, 1.165) is 18.2 Å². The van der Waals surface area contributed by atoms with Crippen molar-refractivity contribution in [2.75, 3.05) is 5.33 Å². The Morgan fingerprint density at radius 1 is 1.00 bits per heavy atom. The zero-order chi connectivity index (χ0) is 11.2. The van der Waals surface area contributed by atoms with Gasteiger partial charge in [0.15, 0.2) is 0 Å². The largest absolute Gasteiger partial charge is 0.0983 e. The summed E-state index contributed by atoms with van der Waals surface area (Å²) in [5.41, 5.74) is 0. The van der Waals surface area contributed by atoms with Crippen LogP contribution < -0.4 is 0 Å². The summed E-state index contributed by atoms with van der Waals surface area (Å²) < 4.78 is 0. The van der Waals surface area contributed by atoms with Crippen molar-refractivity contribution in [3.8, 4) is 11.8 Å². The molecule has 0 aromatic heterocycles. The van der Waals surface area contributed by atoms with E-state index in [9.17, 15) is 0 Å². The highest BCUT2D eigenvalue weighted by atomic mass is 79.9. The second-order valence-corrected chi connectivity index (χ2v) is 3.93. The zero-order valence-electron chi connectivity index (χ0n) is 9.64. The third kappa shape index (κ3) is 13.5. The summed E-state index contributed by atoms with van der Waals surface area (Å²) in [4.78, 5) is 0. The van der Waals surface area contributed by atoms with Gasteiger partial charge in [0, 0.05) is 6.42 Å². The van der Waals surface area contributed by atoms with E-state index < -0.39 is 0 Å². The van der Waals surface area contributed by atoms with Crippen LogP contribution in [0, 0.1) is 11.8 Å². The fourth-order valence-electron chi connectivity index (χ4n) is 1.16. The van der Waals surface area contributed by atoms with Crippen molar-refractivity contribution >= 4 is 15.9 Å². The van der Waals surface area contributed by atoms with E-state index in [-0.39, 0.29) is 0 Å². The van der Waals surface area contributed by atoms with Gasteiger partial charge in [-0.15, -0.1) is 0 Å². The summed E-state index contributed by atoms with van der Waals surface area (Å²) in [7, 11) is 0. The lowest BCUT2D eigenvalue weighted by atomic mass is 10.2. The Balaban J connectivity index is 3.28. The second kappa shape index (κ2) is 13.5. The normalized spacial score (nSPS) is 10.8. The van der Waals surface area contributed by atoms with Gasteiger partial charge in [0.2, 0.25) is 0 Å². The van der Waals surface area contributed by atoms with Crippen molar-refractivity contribution in [2.24, 2.45) is 0 Å². The quantitative estimate of drug-likeness (QED) is 0.268. The van der Waals surface area contributed by atoms with Crippen LogP contribution in [0.2, 0.25) is 0 Å². The minimum atomic E-state index is 0.776. The molecule has 0 N–H and O–H groups in total. The first kappa shape index (κ1) is 14.5. The Morgan fingerprint density at radius 2 is 1.80 bits per heavy atom. The molecule has 0 bridgehead atoms. The first-order valence-corrected chi connectivity index (χ1v) is 6.85. The fourth-order valence-corrected chi connectivity index (χ4v) is 1.36. The minimum absolute atomic E-state index is 0.776. The molecular weight excluding hydrogens is 248 g/mol. The Morgan fingerprint density at radius 3 is 2.53 bits per heavy atom. The molecule has 0 aromatic carbocycles. The van der Waals surface area contributed by atoms with E-state index in [1.807, 2.05) is 0 Å². The number of rotatable bonds is 7. The Hall–Kier alpha value is -0.480. The highest BCUT2D eigenvalue weighted by Crippen LogP contribution is 2.00. The lowest BCUT2D eigenvalue weighted by Crippen LogP contribution is -1.70. The van der Waals surface area contributed by atoms with E-state index in [1.54, 1.807) is 0 Å². The molecule has 0 nitrogen and oxygen atoms in total. The zero-order valence-corrected chi connectivity index (χ0v) is 11.2. The van der Waals surface area contributed by atoms with Crippen LogP contribution in [0.3, 0.4) is 0 Å². The molecule has 0 amide bonds. The molecule has 84 valence electrons. The van der Waals surface area contributed by atoms with E-state index in [2.05, 4.69) is 59.0 Å². The maximum atomic E-state index is 3.26. The number of allylic oxidation sites excluding steroid dienone is 4. The van der Waals surface area contributed by atoms with Gasteiger partial charge in [-0.05, 0) is 19.3 Å². The van der Waals surface area contributed by atoms with Crippen LogP contribution >= 0.6 is 15.9 Å². The summed E-state index contributed by atoms with van der Waals surface area (Å²) in [5, 5.41) is 0.776. The van der Waals surface area contributed by atoms with E-state index in [4.69, 9.17) is 0 Å². The maximum Gasteiger partial charge on any atom is 0.0645 e. The summed E-state index contributed by atoms with van der Waals surface area (Å²) in [5.74, 6) is 6.02. The van der Waals surface area contributed by atoms with Crippen molar-refractivity contribution in [3.63, 3.8) is 0 Å². The first-order chi connectivity index (χ1) is 7.41. The molecule has 0 saturated heterocycles. The van der Waals surface area contributed by atoms with Crippen molar-refractivity contribution in [2.45, 2.75) is 45.4 Å². The monoisotopic (exact) mass is 268 g/mol. The molecule has 0 rings (SSSR count). The van der Waals surface area contributed by atoms with Crippen LogP contribution in [0.5, 0.6) is 0 Å². The highest BCUT2D eigenvalue weighted by molar-refractivity contribution is 9.09. The van der Waals surface area contributed by atoms with Crippen molar-refractivity contribution in [1.29, 1.82) is 0 Å². The van der Waals surface area contributed by atoms with E-state index in [0.29, 0.717) is 0 Å². The minimum Gasteiger partial charge on any atom is -0.0983 e. The second-order valence-electron chi connectivity index (χ2n) is 3.37. The number of unbranched alkanes of at least 4 members (excludes halogenated alkanes) is 3. The predicted molar refractivity (Wildman–Crippen MR) is 73.2 cm³/mol. The first-order valence-electron chi connectivity index (χ1n) is 5.73. The molecule has 0 aliphatic rings. The molecule has 0 aliphatic heterocycles. The lowest BCUT2D eigenvalue weighted by Gasteiger charge is -1.90. The van der Waals surface area contributed by atoms with Gasteiger partial charge in [-0.1, -0.05) is 71.8 Å². The Labute approximate surface area is 103 Å². The molecule has 0 atom stereocenters. The fraction of sp³-hybridized carbons (Fsp3) is 0.571. The highest BCUT2D eigenvalue weighted by Gasteiger charge is 1.80. The smallest absolute Gasteiger partial charge is 0.0645 e. The Bertz CT molecular complexity index is 227. The number of alkyl halides is 1. The van der Waals surface area contributed by atoms with Gasteiger partial charge >= 0.3 is 0 Å². The summed E-state index contributed by atoms with van der Waals surface area (Å²) in [6, 6.07) is 0. The lowest BCUT2D eigenvalue weighted by molar-refractivity contribution is 0.728. The molecule has 1 heteroatoms. The van der Waals surface area contributed by atoms with Gasteiger partial charge in [0.05, 0.1) is 5.33 Å². The standard InChI is InChI=1S/C14H21Br/c1-2-3-4-5-6-7-8-9-10-11-12-13-14-15/h6-7,9-10H,2-5,8,11,14H2,1H3/b7-6-,10-9-. The van der Waals surface area contributed by atoms with Crippen molar-refractivity contribution in [1.82, 2.24) is 0 Å². The summed E-state index contributed by atoms with van der Waals surface area (Å²) in [6.07, 6.45) is 16.0. The molecule has 0 radical (unpaired) electrons. The Kier molecular flexibility index (Phi) is 13.1. The van der Waals surface area contributed by atoms with Crippen LogP contribution in [0.1, 0.15) is 45.4 Å². The SMILES string of the molecule is CCCCC/C=C\C/C=C\CC#CCBr. The molecule has 0 spiro atoms. The summed E-state index contributed by atoms with van der Waals surface area (Å²) >= 11 is 3.26. The van der Waals surface area contributed by atoms with Gasteiger partial charge in [-0.3, -0.25) is 0 Å². The molecule has 0 unspecified atom stereocenters. The van der Waals surface area contributed by atoms with Crippen LogP contribution in [0.4, 0.5) is 0 Å². The van der Waals surface area contributed by atoms with Crippen LogP contribution in [-0.4, -0.2) is 5.33 Å². The molecule has 0 heterocycles. The van der Waals surface area contributed by atoms with Gasteiger partial charge in [-0.25, -0.2) is 0 Å². The number of hydrogen-bond donors (Lipinski definition) is 0. The van der Waals surface area contributed by atoms with Gasteiger partial charge in [0.25, 0.3) is 0 Å². The number of halogens is 1. The van der Waals surface area contributed by atoms with E-state index in [1.165, 1.54) is 25.7 Å². The van der Waals surface area contributed by atoms with Gasteiger partial charge in [0.1, 0.15) is 0 Å². The maximum absolute atomic E-state index is 3.26. The molecule has 0 fully saturated rings. The van der Waals surface area contributed by atoms with Gasteiger partial charge in [-0.2, -0.15) is 0 Å².